The van der Waals surface area contributed by atoms with Gasteiger partial charge in [-0.1, -0.05) is 24.4 Å². The van der Waals surface area contributed by atoms with E-state index in [-0.39, 0.29) is 0 Å². The molecule has 0 amide bonds. The third-order valence-corrected chi connectivity index (χ3v) is 2.35. The second kappa shape index (κ2) is 3.92. The van der Waals surface area contributed by atoms with E-state index in [2.05, 4.69) is 15.3 Å². The van der Waals surface area contributed by atoms with E-state index in [4.69, 9.17) is 11.6 Å². The maximum Gasteiger partial charge on any atom is 0.222 e. The second-order valence-corrected chi connectivity index (χ2v) is 3.82. The van der Waals surface area contributed by atoms with E-state index in [1.165, 1.54) is 19.3 Å². The Kier molecular flexibility index (Phi) is 2.64. The standard InChI is InChI=1S/C9H12ClN3/c10-8-5-12-9(13-6-8)11-4-3-7-1-2-7/h5-7H,1-4H2,(H,11,12,13). The van der Waals surface area contributed by atoms with Gasteiger partial charge in [-0.15, -0.1) is 0 Å². The van der Waals surface area contributed by atoms with Crippen LogP contribution < -0.4 is 5.32 Å². The normalized spacial score (nSPS) is 15.8. The van der Waals surface area contributed by atoms with Crippen LogP contribution in [0.2, 0.25) is 5.02 Å². The fourth-order valence-electron chi connectivity index (χ4n) is 1.20. The summed E-state index contributed by atoms with van der Waals surface area (Å²) >= 11 is 5.65. The van der Waals surface area contributed by atoms with Crippen LogP contribution in [0.25, 0.3) is 0 Å². The van der Waals surface area contributed by atoms with Gasteiger partial charge in [0.15, 0.2) is 0 Å². The Hall–Kier alpha value is -0.830. The van der Waals surface area contributed by atoms with Gasteiger partial charge >= 0.3 is 0 Å². The van der Waals surface area contributed by atoms with Gasteiger partial charge in [-0.2, -0.15) is 0 Å². The summed E-state index contributed by atoms with van der Waals surface area (Å²) in [6.45, 7) is 0.965. The lowest BCUT2D eigenvalue weighted by Crippen LogP contribution is -2.05. The van der Waals surface area contributed by atoms with E-state index in [9.17, 15) is 0 Å². The van der Waals surface area contributed by atoms with Crippen molar-refractivity contribution < 1.29 is 0 Å². The zero-order valence-electron chi connectivity index (χ0n) is 7.33. The van der Waals surface area contributed by atoms with E-state index in [0.717, 1.165) is 12.5 Å². The maximum atomic E-state index is 5.65. The van der Waals surface area contributed by atoms with Gasteiger partial charge in [0.05, 0.1) is 17.4 Å². The monoisotopic (exact) mass is 197 g/mol. The average Bonchev–Trinajstić information content (AvgIpc) is 2.92. The minimum absolute atomic E-state index is 0.577. The van der Waals surface area contributed by atoms with Crippen LogP contribution in [0, 0.1) is 5.92 Å². The lowest BCUT2D eigenvalue weighted by molar-refractivity contribution is 0.755. The fourth-order valence-corrected chi connectivity index (χ4v) is 1.30. The molecular weight excluding hydrogens is 186 g/mol. The van der Waals surface area contributed by atoms with Crippen molar-refractivity contribution in [3.63, 3.8) is 0 Å². The summed E-state index contributed by atoms with van der Waals surface area (Å²) < 4.78 is 0. The quantitative estimate of drug-likeness (QED) is 0.805. The van der Waals surface area contributed by atoms with Gasteiger partial charge in [-0.05, 0) is 12.3 Å². The molecule has 1 saturated carbocycles. The number of rotatable bonds is 4. The predicted molar refractivity (Wildman–Crippen MR) is 52.9 cm³/mol. The molecule has 13 heavy (non-hydrogen) atoms. The predicted octanol–water partition coefficient (Wildman–Crippen LogP) is 2.34. The van der Waals surface area contributed by atoms with Gasteiger partial charge in [0.1, 0.15) is 0 Å². The van der Waals surface area contributed by atoms with Gasteiger partial charge in [0.2, 0.25) is 5.95 Å². The van der Waals surface area contributed by atoms with Crippen LogP contribution in [0.4, 0.5) is 5.95 Å². The molecule has 70 valence electrons. The Morgan fingerprint density at radius 1 is 1.38 bits per heavy atom. The molecular formula is C9H12ClN3. The molecule has 0 radical (unpaired) electrons. The van der Waals surface area contributed by atoms with Crippen molar-refractivity contribution in [3.8, 4) is 0 Å². The summed E-state index contributed by atoms with van der Waals surface area (Å²) in [6, 6.07) is 0. The van der Waals surface area contributed by atoms with Crippen molar-refractivity contribution >= 4 is 17.5 Å². The Morgan fingerprint density at radius 3 is 2.69 bits per heavy atom. The number of hydrogen-bond acceptors (Lipinski definition) is 3. The first-order chi connectivity index (χ1) is 6.34. The number of anilines is 1. The molecule has 4 heteroatoms. The number of hydrogen-bond donors (Lipinski definition) is 1. The summed E-state index contributed by atoms with van der Waals surface area (Å²) in [5.74, 6) is 1.62. The Morgan fingerprint density at radius 2 is 2.08 bits per heavy atom. The largest absolute Gasteiger partial charge is 0.354 e. The topological polar surface area (TPSA) is 37.8 Å². The Balaban J connectivity index is 1.76. The molecule has 0 atom stereocenters. The molecule has 1 aromatic rings. The summed E-state index contributed by atoms with van der Waals surface area (Å²) in [5, 5.41) is 3.74. The van der Waals surface area contributed by atoms with Crippen molar-refractivity contribution in [2.24, 2.45) is 5.92 Å². The SMILES string of the molecule is Clc1cnc(NCCC2CC2)nc1. The first kappa shape index (κ1) is 8.75. The molecule has 1 heterocycles. The van der Waals surface area contributed by atoms with E-state index in [0.29, 0.717) is 11.0 Å². The van der Waals surface area contributed by atoms with Gasteiger partial charge in [0, 0.05) is 6.54 Å². The maximum absolute atomic E-state index is 5.65. The van der Waals surface area contributed by atoms with Crippen LogP contribution in [0.3, 0.4) is 0 Å². The molecule has 0 aliphatic heterocycles. The molecule has 2 rings (SSSR count). The highest BCUT2D eigenvalue weighted by molar-refractivity contribution is 6.30. The van der Waals surface area contributed by atoms with Gasteiger partial charge in [-0.25, -0.2) is 9.97 Å². The third-order valence-electron chi connectivity index (χ3n) is 2.15. The Bertz CT molecular complexity index is 269. The third kappa shape index (κ3) is 2.84. The lowest BCUT2D eigenvalue weighted by Gasteiger charge is -2.02. The van der Waals surface area contributed by atoms with Crippen molar-refractivity contribution in [2.45, 2.75) is 19.3 Å². The molecule has 1 aromatic heterocycles. The van der Waals surface area contributed by atoms with Crippen molar-refractivity contribution in [1.82, 2.24) is 9.97 Å². The van der Waals surface area contributed by atoms with Crippen LogP contribution in [-0.2, 0) is 0 Å². The second-order valence-electron chi connectivity index (χ2n) is 3.38. The van der Waals surface area contributed by atoms with Crippen LogP contribution in [-0.4, -0.2) is 16.5 Å². The minimum Gasteiger partial charge on any atom is -0.354 e. The van der Waals surface area contributed by atoms with Gasteiger partial charge in [0.25, 0.3) is 0 Å². The number of nitrogens with zero attached hydrogens (tertiary/aromatic N) is 2. The lowest BCUT2D eigenvalue weighted by atomic mass is 10.3. The van der Waals surface area contributed by atoms with E-state index in [1.807, 2.05) is 0 Å². The van der Waals surface area contributed by atoms with E-state index >= 15 is 0 Å². The molecule has 0 saturated heterocycles. The van der Waals surface area contributed by atoms with Gasteiger partial charge in [-0.3, -0.25) is 0 Å². The molecule has 0 unspecified atom stereocenters. The summed E-state index contributed by atoms with van der Waals surface area (Å²) in [6.07, 6.45) is 7.22. The summed E-state index contributed by atoms with van der Waals surface area (Å²) in [5.41, 5.74) is 0. The molecule has 1 aliphatic rings. The molecule has 1 N–H and O–H groups in total. The minimum atomic E-state index is 0.577. The smallest absolute Gasteiger partial charge is 0.222 e. The van der Waals surface area contributed by atoms with Gasteiger partial charge < -0.3 is 5.32 Å². The zero-order chi connectivity index (χ0) is 9.10. The zero-order valence-corrected chi connectivity index (χ0v) is 8.09. The van der Waals surface area contributed by atoms with Crippen molar-refractivity contribution in [2.75, 3.05) is 11.9 Å². The van der Waals surface area contributed by atoms with Crippen molar-refractivity contribution in [3.05, 3.63) is 17.4 Å². The summed E-state index contributed by atoms with van der Waals surface area (Å²) in [7, 11) is 0. The molecule has 1 fully saturated rings. The first-order valence-electron chi connectivity index (χ1n) is 4.56. The highest BCUT2D eigenvalue weighted by Gasteiger charge is 2.20. The van der Waals surface area contributed by atoms with Crippen LogP contribution in [0.15, 0.2) is 12.4 Å². The van der Waals surface area contributed by atoms with E-state index in [1.54, 1.807) is 12.4 Å². The number of nitrogens with one attached hydrogen (secondary N) is 1. The molecule has 1 aliphatic carbocycles. The van der Waals surface area contributed by atoms with Crippen LogP contribution in [0.1, 0.15) is 19.3 Å². The van der Waals surface area contributed by atoms with Crippen LogP contribution >= 0.6 is 11.6 Å². The molecule has 3 nitrogen and oxygen atoms in total. The average molecular weight is 198 g/mol. The first-order valence-corrected chi connectivity index (χ1v) is 4.94. The number of halogens is 1. The van der Waals surface area contributed by atoms with E-state index < -0.39 is 0 Å². The molecule has 0 spiro atoms. The molecule has 0 aromatic carbocycles. The fraction of sp³-hybridized carbons (Fsp3) is 0.556. The highest BCUT2D eigenvalue weighted by Crippen LogP contribution is 2.31. The molecule has 0 bridgehead atoms. The highest BCUT2D eigenvalue weighted by atomic mass is 35.5. The van der Waals surface area contributed by atoms with Crippen molar-refractivity contribution in [1.29, 1.82) is 0 Å². The Labute approximate surface area is 82.5 Å². The van der Waals surface area contributed by atoms with Crippen LogP contribution in [0.5, 0.6) is 0 Å². The summed E-state index contributed by atoms with van der Waals surface area (Å²) in [4.78, 5) is 8.08. The number of aromatic nitrogens is 2.